The second-order valence-electron chi connectivity index (χ2n) is 5.53. The van der Waals surface area contributed by atoms with Crippen molar-refractivity contribution in [3.05, 3.63) is 29.8 Å². The summed E-state index contributed by atoms with van der Waals surface area (Å²) in [6.07, 6.45) is 5.56. The molecule has 106 valence electrons. The summed E-state index contributed by atoms with van der Waals surface area (Å²) in [6, 6.07) is 7.16. The Kier molecular flexibility index (Phi) is 4.63. The summed E-state index contributed by atoms with van der Waals surface area (Å²) < 4.78 is 23.8. The Hall–Kier alpha value is -0.870. The van der Waals surface area contributed by atoms with Crippen LogP contribution < -0.4 is 5.73 Å². The van der Waals surface area contributed by atoms with E-state index in [1.54, 1.807) is 12.1 Å². The molecule has 1 unspecified atom stereocenters. The Morgan fingerprint density at radius 3 is 2.37 bits per heavy atom. The molecule has 1 saturated carbocycles. The lowest BCUT2D eigenvalue weighted by atomic mass is 9.80. The van der Waals surface area contributed by atoms with Gasteiger partial charge in [-0.15, -0.1) is 0 Å². The van der Waals surface area contributed by atoms with Gasteiger partial charge in [0, 0.05) is 6.04 Å². The second kappa shape index (κ2) is 6.06. The molecular formula is C15H23NO2S. The minimum atomic E-state index is -3.11. The van der Waals surface area contributed by atoms with Crippen LogP contribution in [0.25, 0.3) is 0 Å². The molecule has 0 saturated heterocycles. The first-order chi connectivity index (χ1) is 9.03. The molecule has 0 bridgehead atoms. The zero-order valence-corrected chi connectivity index (χ0v) is 12.3. The van der Waals surface area contributed by atoms with E-state index in [2.05, 4.69) is 0 Å². The summed E-state index contributed by atoms with van der Waals surface area (Å²) in [6.45, 7) is 1.88. The third kappa shape index (κ3) is 3.57. The molecule has 0 radical (unpaired) electrons. The van der Waals surface area contributed by atoms with Crippen LogP contribution in [-0.4, -0.2) is 14.2 Å². The molecule has 0 spiro atoms. The van der Waals surface area contributed by atoms with Crippen LogP contribution in [0.5, 0.6) is 0 Å². The van der Waals surface area contributed by atoms with E-state index < -0.39 is 9.84 Å². The highest BCUT2D eigenvalue weighted by molar-refractivity contribution is 7.91. The van der Waals surface area contributed by atoms with Crippen LogP contribution in [0.1, 0.15) is 50.6 Å². The van der Waals surface area contributed by atoms with E-state index in [1.165, 1.54) is 19.3 Å². The van der Waals surface area contributed by atoms with Crippen LogP contribution in [0.3, 0.4) is 0 Å². The van der Waals surface area contributed by atoms with Crippen molar-refractivity contribution in [1.82, 2.24) is 0 Å². The van der Waals surface area contributed by atoms with E-state index in [0.29, 0.717) is 11.3 Å². The van der Waals surface area contributed by atoms with Gasteiger partial charge < -0.3 is 5.73 Å². The lowest BCUT2D eigenvalue weighted by molar-refractivity contribution is 0.277. The molecule has 2 N–H and O–H groups in total. The fraction of sp³-hybridized carbons (Fsp3) is 0.600. The molecule has 0 aromatic heterocycles. The average molecular weight is 281 g/mol. The van der Waals surface area contributed by atoms with Gasteiger partial charge >= 0.3 is 0 Å². The number of rotatable bonds is 6. The van der Waals surface area contributed by atoms with E-state index in [1.807, 2.05) is 19.1 Å². The SMILES string of the molecule is CCCS(=O)(=O)c1ccc(C(N)CC2CCC2)cc1. The normalized spacial score (nSPS) is 18.0. The zero-order chi connectivity index (χ0) is 13.9. The number of benzene rings is 1. The molecule has 0 amide bonds. The maximum atomic E-state index is 11.9. The molecule has 0 heterocycles. The molecular weight excluding hydrogens is 258 g/mol. The van der Waals surface area contributed by atoms with Gasteiger partial charge in [-0.1, -0.05) is 38.3 Å². The summed E-state index contributed by atoms with van der Waals surface area (Å²) in [7, 11) is -3.11. The van der Waals surface area contributed by atoms with Gasteiger partial charge in [0.25, 0.3) is 0 Å². The van der Waals surface area contributed by atoms with Crippen LogP contribution in [0.15, 0.2) is 29.2 Å². The van der Waals surface area contributed by atoms with Gasteiger partial charge in [-0.05, 0) is 36.5 Å². The maximum absolute atomic E-state index is 11.9. The fourth-order valence-electron chi connectivity index (χ4n) is 2.53. The lowest BCUT2D eigenvalue weighted by Gasteiger charge is -2.28. The highest BCUT2D eigenvalue weighted by Gasteiger charge is 2.21. The van der Waals surface area contributed by atoms with Gasteiger partial charge in [-0.2, -0.15) is 0 Å². The predicted molar refractivity (Wildman–Crippen MR) is 77.7 cm³/mol. The average Bonchev–Trinajstić information content (AvgIpc) is 2.34. The minimum Gasteiger partial charge on any atom is -0.324 e. The Labute approximate surface area is 116 Å². The van der Waals surface area contributed by atoms with Crippen LogP contribution in [0.2, 0.25) is 0 Å². The summed E-state index contributed by atoms with van der Waals surface area (Å²) >= 11 is 0. The minimum absolute atomic E-state index is 0.0354. The van der Waals surface area contributed by atoms with Crippen molar-refractivity contribution in [1.29, 1.82) is 0 Å². The Morgan fingerprint density at radius 2 is 1.89 bits per heavy atom. The van der Waals surface area contributed by atoms with E-state index in [9.17, 15) is 8.42 Å². The van der Waals surface area contributed by atoms with Crippen LogP contribution >= 0.6 is 0 Å². The standard InChI is InChI=1S/C15H23NO2S/c1-2-10-19(17,18)14-8-6-13(7-9-14)15(16)11-12-4-3-5-12/h6-9,12,15H,2-5,10-11,16H2,1H3. The van der Waals surface area contributed by atoms with Crippen LogP contribution in [0.4, 0.5) is 0 Å². The van der Waals surface area contributed by atoms with Crippen molar-refractivity contribution >= 4 is 9.84 Å². The first-order valence-corrected chi connectivity index (χ1v) is 8.76. The molecule has 0 aliphatic heterocycles. The molecule has 1 aliphatic rings. The molecule has 1 atom stereocenters. The van der Waals surface area contributed by atoms with Crippen molar-refractivity contribution in [2.45, 2.75) is 50.0 Å². The summed E-state index contributed by atoms with van der Waals surface area (Å²) in [5.74, 6) is 0.971. The molecule has 1 aliphatic carbocycles. The van der Waals surface area contributed by atoms with Crippen molar-refractivity contribution in [2.24, 2.45) is 11.7 Å². The lowest BCUT2D eigenvalue weighted by Crippen LogP contribution is -2.20. The highest BCUT2D eigenvalue weighted by Crippen LogP contribution is 2.33. The monoisotopic (exact) mass is 281 g/mol. The highest BCUT2D eigenvalue weighted by atomic mass is 32.2. The zero-order valence-electron chi connectivity index (χ0n) is 11.5. The maximum Gasteiger partial charge on any atom is 0.178 e. The van der Waals surface area contributed by atoms with Crippen molar-refractivity contribution < 1.29 is 8.42 Å². The summed E-state index contributed by atoms with van der Waals surface area (Å²) in [4.78, 5) is 0.411. The Bertz CT molecular complexity index is 503. The molecule has 1 fully saturated rings. The van der Waals surface area contributed by atoms with Crippen molar-refractivity contribution in [2.75, 3.05) is 5.75 Å². The first-order valence-electron chi connectivity index (χ1n) is 7.11. The predicted octanol–water partition coefficient (Wildman–Crippen LogP) is 3.06. The number of sulfone groups is 1. The van der Waals surface area contributed by atoms with Gasteiger partial charge in [-0.25, -0.2) is 8.42 Å². The fourth-order valence-corrected chi connectivity index (χ4v) is 3.86. The number of hydrogen-bond donors (Lipinski definition) is 1. The molecule has 2 rings (SSSR count). The van der Waals surface area contributed by atoms with Gasteiger partial charge in [0.2, 0.25) is 0 Å². The van der Waals surface area contributed by atoms with Gasteiger partial charge in [0.15, 0.2) is 9.84 Å². The van der Waals surface area contributed by atoms with Gasteiger partial charge in [0.05, 0.1) is 10.6 Å². The number of hydrogen-bond acceptors (Lipinski definition) is 3. The third-order valence-corrected chi connectivity index (χ3v) is 5.89. The summed E-state index contributed by atoms with van der Waals surface area (Å²) in [5, 5.41) is 0. The van der Waals surface area contributed by atoms with Gasteiger partial charge in [-0.3, -0.25) is 0 Å². The third-order valence-electron chi connectivity index (χ3n) is 3.95. The smallest absolute Gasteiger partial charge is 0.178 e. The molecule has 1 aromatic rings. The largest absolute Gasteiger partial charge is 0.324 e. The molecule has 1 aromatic carbocycles. The molecule has 4 heteroatoms. The number of nitrogens with two attached hydrogens (primary N) is 1. The quantitative estimate of drug-likeness (QED) is 0.871. The first kappa shape index (κ1) is 14.5. The van der Waals surface area contributed by atoms with Crippen molar-refractivity contribution in [3.8, 4) is 0 Å². The van der Waals surface area contributed by atoms with E-state index in [-0.39, 0.29) is 11.8 Å². The summed E-state index contributed by atoms with van der Waals surface area (Å²) in [5.41, 5.74) is 7.22. The van der Waals surface area contributed by atoms with E-state index in [4.69, 9.17) is 5.73 Å². The Morgan fingerprint density at radius 1 is 1.26 bits per heavy atom. The topological polar surface area (TPSA) is 60.2 Å². The molecule has 19 heavy (non-hydrogen) atoms. The van der Waals surface area contributed by atoms with Crippen LogP contribution in [-0.2, 0) is 9.84 Å². The molecule has 3 nitrogen and oxygen atoms in total. The van der Waals surface area contributed by atoms with Crippen LogP contribution in [0, 0.1) is 5.92 Å². The Balaban J connectivity index is 2.05. The van der Waals surface area contributed by atoms with E-state index >= 15 is 0 Å². The van der Waals surface area contributed by atoms with Crippen molar-refractivity contribution in [3.63, 3.8) is 0 Å². The second-order valence-corrected chi connectivity index (χ2v) is 7.64. The van der Waals surface area contributed by atoms with Gasteiger partial charge in [0.1, 0.15) is 0 Å². The van der Waals surface area contributed by atoms with E-state index in [0.717, 1.165) is 17.9 Å².